The zero-order chi connectivity index (χ0) is 15.0. The lowest BCUT2D eigenvalue weighted by Crippen LogP contribution is -2.31. The van der Waals surface area contributed by atoms with Crippen LogP contribution in [0.2, 0.25) is 0 Å². The SMILES string of the molecule is CN1C(=O)CCc2cc(C(Cl)c3ccccc3Br)ccc21. The molecular formula is C17H15BrClNO. The number of nitrogens with zero attached hydrogens (tertiary/aromatic N) is 1. The molecule has 108 valence electrons. The van der Waals surface area contributed by atoms with Crippen molar-refractivity contribution in [3.8, 4) is 0 Å². The van der Waals surface area contributed by atoms with Crippen molar-refractivity contribution < 1.29 is 4.79 Å². The van der Waals surface area contributed by atoms with Gasteiger partial charge in [0.15, 0.2) is 0 Å². The molecule has 4 heteroatoms. The van der Waals surface area contributed by atoms with Crippen LogP contribution < -0.4 is 4.90 Å². The van der Waals surface area contributed by atoms with Gasteiger partial charge in [-0.1, -0.05) is 46.3 Å². The van der Waals surface area contributed by atoms with Crippen molar-refractivity contribution in [1.29, 1.82) is 0 Å². The molecule has 1 aliphatic rings. The average molecular weight is 365 g/mol. The Bertz CT molecular complexity index is 701. The van der Waals surface area contributed by atoms with Crippen molar-refractivity contribution in [2.75, 3.05) is 11.9 Å². The van der Waals surface area contributed by atoms with Gasteiger partial charge in [-0.15, -0.1) is 11.6 Å². The molecular weight excluding hydrogens is 350 g/mol. The van der Waals surface area contributed by atoms with Gasteiger partial charge < -0.3 is 4.90 Å². The lowest BCUT2D eigenvalue weighted by molar-refractivity contribution is -0.118. The zero-order valence-corrected chi connectivity index (χ0v) is 14.0. The minimum Gasteiger partial charge on any atom is -0.315 e. The second-order valence-electron chi connectivity index (χ2n) is 5.22. The van der Waals surface area contributed by atoms with E-state index in [4.69, 9.17) is 11.6 Å². The molecule has 0 aromatic heterocycles. The molecule has 0 fully saturated rings. The van der Waals surface area contributed by atoms with Crippen LogP contribution in [0.5, 0.6) is 0 Å². The van der Waals surface area contributed by atoms with Gasteiger partial charge in [-0.05, 0) is 35.2 Å². The lowest BCUT2D eigenvalue weighted by atomic mass is 9.96. The maximum atomic E-state index is 11.7. The minimum atomic E-state index is -0.200. The Morgan fingerprint density at radius 3 is 2.71 bits per heavy atom. The molecule has 1 amide bonds. The number of benzene rings is 2. The highest BCUT2D eigenvalue weighted by molar-refractivity contribution is 9.10. The number of hydrogen-bond donors (Lipinski definition) is 0. The molecule has 1 unspecified atom stereocenters. The monoisotopic (exact) mass is 363 g/mol. The highest BCUT2D eigenvalue weighted by atomic mass is 79.9. The first kappa shape index (κ1) is 14.6. The van der Waals surface area contributed by atoms with Crippen molar-refractivity contribution in [3.63, 3.8) is 0 Å². The van der Waals surface area contributed by atoms with Crippen molar-refractivity contribution in [2.24, 2.45) is 0 Å². The Kier molecular flexibility index (Phi) is 4.05. The Labute approximate surface area is 137 Å². The van der Waals surface area contributed by atoms with Crippen molar-refractivity contribution in [3.05, 3.63) is 63.6 Å². The van der Waals surface area contributed by atoms with E-state index >= 15 is 0 Å². The van der Waals surface area contributed by atoms with E-state index in [-0.39, 0.29) is 11.3 Å². The van der Waals surface area contributed by atoms with E-state index in [1.807, 2.05) is 43.4 Å². The molecule has 21 heavy (non-hydrogen) atoms. The number of alkyl halides is 1. The zero-order valence-electron chi connectivity index (χ0n) is 11.6. The van der Waals surface area contributed by atoms with E-state index in [1.54, 1.807) is 4.90 Å². The smallest absolute Gasteiger partial charge is 0.227 e. The molecule has 0 saturated heterocycles. The standard InChI is InChI=1S/C17H15BrClNO/c1-20-15-8-6-12(10-11(15)7-9-16(20)21)17(19)13-4-2-3-5-14(13)18/h2-6,8,10,17H,7,9H2,1H3. The van der Waals surface area contributed by atoms with Gasteiger partial charge >= 0.3 is 0 Å². The van der Waals surface area contributed by atoms with E-state index in [0.717, 1.165) is 27.7 Å². The fourth-order valence-corrected chi connectivity index (χ4v) is 3.67. The molecule has 2 aromatic rings. The maximum absolute atomic E-state index is 11.7. The summed E-state index contributed by atoms with van der Waals surface area (Å²) in [4.78, 5) is 13.5. The third-order valence-corrected chi connectivity index (χ3v) is 5.13. The van der Waals surface area contributed by atoms with E-state index < -0.39 is 0 Å². The van der Waals surface area contributed by atoms with Crippen LogP contribution in [0.25, 0.3) is 0 Å². The van der Waals surface area contributed by atoms with Crippen LogP contribution in [0.4, 0.5) is 5.69 Å². The average Bonchev–Trinajstić information content (AvgIpc) is 2.50. The van der Waals surface area contributed by atoms with Crippen molar-refractivity contribution in [1.82, 2.24) is 0 Å². The Balaban J connectivity index is 1.98. The first-order valence-corrected chi connectivity index (χ1v) is 8.09. The second-order valence-corrected chi connectivity index (χ2v) is 6.52. The van der Waals surface area contributed by atoms with Gasteiger partial charge in [-0.25, -0.2) is 0 Å². The Hall–Kier alpha value is -1.32. The number of amides is 1. The van der Waals surface area contributed by atoms with Crippen LogP contribution in [0.3, 0.4) is 0 Å². The molecule has 2 aromatic carbocycles. The summed E-state index contributed by atoms with van der Waals surface area (Å²) in [7, 11) is 1.83. The second kappa shape index (κ2) is 5.82. The fraction of sp³-hybridized carbons (Fsp3) is 0.235. The molecule has 2 nitrogen and oxygen atoms in total. The van der Waals surface area contributed by atoms with E-state index in [1.165, 1.54) is 5.56 Å². The minimum absolute atomic E-state index is 0.170. The normalized spacial score (nSPS) is 15.8. The predicted molar refractivity (Wildman–Crippen MR) is 90.0 cm³/mol. The number of hydrogen-bond acceptors (Lipinski definition) is 1. The Morgan fingerprint density at radius 2 is 1.95 bits per heavy atom. The molecule has 0 spiro atoms. The largest absolute Gasteiger partial charge is 0.315 e. The van der Waals surface area contributed by atoms with Crippen LogP contribution >= 0.6 is 27.5 Å². The summed E-state index contributed by atoms with van der Waals surface area (Å²) >= 11 is 10.2. The van der Waals surface area contributed by atoms with Gasteiger partial charge in [0.05, 0.1) is 5.38 Å². The Morgan fingerprint density at radius 1 is 1.19 bits per heavy atom. The number of carbonyl (C=O) groups is 1. The number of carbonyl (C=O) groups excluding carboxylic acids is 1. The van der Waals surface area contributed by atoms with Gasteiger partial charge in [0.1, 0.15) is 0 Å². The maximum Gasteiger partial charge on any atom is 0.227 e. The third-order valence-electron chi connectivity index (χ3n) is 3.92. The molecule has 1 aliphatic heterocycles. The summed E-state index contributed by atoms with van der Waals surface area (Å²) in [6.07, 6.45) is 1.35. The summed E-state index contributed by atoms with van der Waals surface area (Å²) in [6, 6.07) is 14.1. The van der Waals surface area contributed by atoms with Gasteiger partial charge in [0, 0.05) is 23.6 Å². The molecule has 0 saturated carbocycles. The molecule has 3 rings (SSSR count). The van der Waals surface area contributed by atoms with Crippen LogP contribution in [0.15, 0.2) is 46.9 Å². The summed E-state index contributed by atoms with van der Waals surface area (Å²) in [6.45, 7) is 0. The first-order valence-electron chi connectivity index (χ1n) is 6.86. The van der Waals surface area contributed by atoms with E-state index in [0.29, 0.717) is 6.42 Å². The summed E-state index contributed by atoms with van der Waals surface area (Å²) in [5.41, 5.74) is 4.29. The van der Waals surface area contributed by atoms with Crippen molar-refractivity contribution in [2.45, 2.75) is 18.2 Å². The summed E-state index contributed by atoms with van der Waals surface area (Å²) < 4.78 is 1.01. The summed E-state index contributed by atoms with van der Waals surface area (Å²) in [5.74, 6) is 0.170. The van der Waals surface area contributed by atoms with Gasteiger partial charge in [0.25, 0.3) is 0 Å². The highest BCUT2D eigenvalue weighted by Crippen LogP contribution is 2.36. The van der Waals surface area contributed by atoms with Crippen LogP contribution in [0.1, 0.15) is 28.5 Å². The summed E-state index contributed by atoms with van der Waals surface area (Å²) in [5, 5.41) is -0.200. The molecule has 0 radical (unpaired) electrons. The van der Waals surface area contributed by atoms with E-state index in [2.05, 4.69) is 22.0 Å². The number of fused-ring (bicyclic) bond motifs is 1. The van der Waals surface area contributed by atoms with Gasteiger partial charge in [-0.3, -0.25) is 4.79 Å². The quantitative estimate of drug-likeness (QED) is 0.708. The van der Waals surface area contributed by atoms with Gasteiger partial charge in [0.2, 0.25) is 5.91 Å². The molecule has 0 N–H and O–H groups in total. The molecule has 1 atom stereocenters. The predicted octanol–water partition coefficient (Wildman–Crippen LogP) is 4.69. The number of halogens is 2. The van der Waals surface area contributed by atoms with Crippen LogP contribution in [-0.2, 0) is 11.2 Å². The van der Waals surface area contributed by atoms with Gasteiger partial charge in [-0.2, -0.15) is 0 Å². The van der Waals surface area contributed by atoms with E-state index in [9.17, 15) is 4.79 Å². The number of aryl methyl sites for hydroxylation is 1. The third kappa shape index (κ3) is 2.72. The van der Waals surface area contributed by atoms with Crippen molar-refractivity contribution >= 4 is 39.1 Å². The molecule has 0 bridgehead atoms. The fourth-order valence-electron chi connectivity index (χ4n) is 2.69. The van der Waals surface area contributed by atoms with Crippen LogP contribution in [-0.4, -0.2) is 13.0 Å². The first-order chi connectivity index (χ1) is 10.1. The number of anilines is 1. The van der Waals surface area contributed by atoms with Crippen LogP contribution in [0, 0.1) is 0 Å². The molecule has 1 heterocycles. The lowest BCUT2D eigenvalue weighted by Gasteiger charge is -2.26. The highest BCUT2D eigenvalue weighted by Gasteiger charge is 2.22. The topological polar surface area (TPSA) is 20.3 Å². The molecule has 0 aliphatic carbocycles. The number of rotatable bonds is 2.